The van der Waals surface area contributed by atoms with Crippen LogP contribution in [0.15, 0.2) is 53.1 Å². The monoisotopic (exact) mass is 345 g/mol. The Balaban J connectivity index is 0.000000338. The molecule has 0 aliphatic rings. The molecule has 1 heterocycles. The topological polar surface area (TPSA) is 17.0 Å². The average molecular weight is 346 g/mol. The number of hydrogen-bond donors (Lipinski definition) is 0. The third kappa shape index (κ3) is 4.73. The third-order valence-corrected chi connectivity index (χ3v) is 3.23. The highest BCUT2D eigenvalue weighted by atomic mass is 35.5. The van der Waals surface area contributed by atoms with E-state index in [1.54, 1.807) is 0 Å². The van der Waals surface area contributed by atoms with Gasteiger partial charge in [0.15, 0.2) is 6.54 Å². The molecule has 122 valence electrons. The van der Waals surface area contributed by atoms with E-state index in [-0.39, 0.29) is 0 Å². The first-order valence-corrected chi connectivity index (χ1v) is 7.22. The van der Waals surface area contributed by atoms with Gasteiger partial charge in [-0.05, 0) is 23.8 Å². The van der Waals surface area contributed by atoms with Crippen LogP contribution in [0.5, 0.6) is 0 Å². The predicted octanol–water partition coefficient (Wildman–Crippen LogP) is 5.36. The molecule has 0 atom stereocenters. The van der Waals surface area contributed by atoms with Crippen LogP contribution in [0, 0.1) is 0 Å². The molecule has 0 spiro atoms. The molecule has 2 nitrogen and oxygen atoms in total. The third-order valence-electron chi connectivity index (χ3n) is 3.00. The van der Waals surface area contributed by atoms with Crippen molar-refractivity contribution >= 4 is 29.8 Å². The molecule has 0 saturated heterocycles. The maximum atomic E-state index is 9.75. The normalized spacial score (nSPS) is 11.2. The van der Waals surface area contributed by atoms with Gasteiger partial charge in [0.1, 0.15) is 5.39 Å². The molecule has 0 aliphatic heterocycles. The summed E-state index contributed by atoms with van der Waals surface area (Å²) in [5.41, 5.74) is 2.14. The van der Waals surface area contributed by atoms with Crippen molar-refractivity contribution in [2.24, 2.45) is 0 Å². The fourth-order valence-corrected chi connectivity index (χ4v) is 2.32. The molecule has 8 heteroatoms. The minimum Gasteiger partial charge on any atom is -0.418 e. The van der Waals surface area contributed by atoms with Gasteiger partial charge in [0.2, 0.25) is 5.76 Å². The van der Waals surface area contributed by atoms with E-state index in [0.717, 1.165) is 33.8 Å². The van der Waals surface area contributed by atoms with Crippen LogP contribution in [-0.2, 0) is 6.54 Å². The van der Waals surface area contributed by atoms with Crippen LogP contribution in [0.3, 0.4) is 0 Å². The van der Waals surface area contributed by atoms with Crippen molar-refractivity contribution in [3.63, 3.8) is 0 Å². The van der Waals surface area contributed by atoms with Crippen LogP contribution < -0.4 is 4.74 Å². The van der Waals surface area contributed by atoms with Crippen LogP contribution in [0.4, 0.5) is 17.3 Å². The summed E-state index contributed by atoms with van der Waals surface area (Å²) < 4.78 is 46.8. The number of nitrogens with zero attached hydrogens (tertiary/aromatic N) is 1. The second-order valence-corrected chi connectivity index (χ2v) is 5.07. The van der Waals surface area contributed by atoms with Crippen LogP contribution in [-0.4, -0.2) is 7.25 Å². The SMILES string of the molecule is CC[n+]1oc(-c2ccccc2)c2cc(Cl)ccc21.F[B-](F)(F)F. The number of fused-ring (bicyclic) bond motifs is 1. The lowest BCUT2D eigenvalue weighted by molar-refractivity contribution is -0.839. The number of halogens is 5. The highest BCUT2D eigenvalue weighted by molar-refractivity contribution is 6.50. The van der Waals surface area contributed by atoms with Gasteiger partial charge in [-0.1, -0.05) is 41.9 Å². The molecule has 0 unspecified atom stereocenters. The van der Waals surface area contributed by atoms with Crippen molar-refractivity contribution in [3.8, 4) is 11.3 Å². The number of aromatic nitrogens is 1. The molecule has 0 fully saturated rings. The summed E-state index contributed by atoms with van der Waals surface area (Å²) >= 11 is 6.08. The second-order valence-electron chi connectivity index (χ2n) is 4.64. The predicted molar refractivity (Wildman–Crippen MR) is 82.7 cm³/mol. The molecule has 2 aromatic carbocycles. The minimum atomic E-state index is -6.00. The van der Waals surface area contributed by atoms with E-state index in [9.17, 15) is 17.3 Å². The number of hydrogen-bond acceptors (Lipinski definition) is 1. The Morgan fingerprint density at radius 2 is 1.65 bits per heavy atom. The summed E-state index contributed by atoms with van der Waals surface area (Å²) in [6, 6.07) is 15.9. The quantitative estimate of drug-likeness (QED) is 0.347. The van der Waals surface area contributed by atoms with Crippen LogP contribution in [0.2, 0.25) is 5.02 Å². The van der Waals surface area contributed by atoms with Gasteiger partial charge in [-0.3, -0.25) is 0 Å². The fourth-order valence-electron chi connectivity index (χ4n) is 2.15. The van der Waals surface area contributed by atoms with Crippen molar-refractivity contribution in [1.82, 2.24) is 0 Å². The molecule has 0 bridgehead atoms. The van der Waals surface area contributed by atoms with Gasteiger partial charge in [-0.2, -0.15) is 0 Å². The van der Waals surface area contributed by atoms with Crippen molar-refractivity contribution in [1.29, 1.82) is 0 Å². The van der Waals surface area contributed by atoms with Crippen LogP contribution in [0.25, 0.3) is 22.2 Å². The Kier molecular flexibility index (Phi) is 5.31. The summed E-state index contributed by atoms with van der Waals surface area (Å²) in [5.74, 6) is 0.870. The summed E-state index contributed by atoms with van der Waals surface area (Å²) in [6.07, 6.45) is 0. The molecular weight excluding hydrogens is 332 g/mol. The second kappa shape index (κ2) is 7.04. The van der Waals surface area contributed by atoms with E-state index in [4.69, 9.17) is 16.1 Å². The van der Waals surface area contributed by atoms with E-state index in [1.807, 2.05) is 53.3 Å². The lowest BCUT2D eigenvalue weighted by Crippen LogP contribution is -2.29. The van der Waals surface area contributed by atoms with Crippen molar-refractivity contribution in [2.75, 3.05) is 0 Å². The molecule has 0 amide bonds. The van der Waals surface area contributed by atoms with Gasteiger partial charge in [-0.25, -0.2) is 4.52 Å². The van der Waals surface area contributed by atoms with Gasteiger partial charge in [0.25, 0.3) is 5.52 Å². The summed E-state index contributed by atoms with van der Waals surface area (Å²) in [7, 11) is -6.00. The zero-order valence-corrected chi connectivity index (χ0v) is 12.9. The first-order valence-electron chi connectivity index (χ1n) is 6.84. The van der Waals surface area contributed by atoms with E-state index in [2.05, 4.69) is 6.92 Å². The Morgan fingerprint density at radius 1 is 1.04 bits per heavy atom. The smallest absolute Gasteiger partial charge is 0.418 e. The molecule has 0 saturated carbocycles. The van der Waals surface area contributed by atoms with Gasteiger partial charge in [0, 0.05) is 16.7 Å². The number of rotatable bonds is 2. The van der Waals surface area contributed by atoms with E-state index < -0.39 is 7.25 Å². The van der Waals surface area contributed by atoms with E-state index in [1.165, 1.54) is 0 Å². The zero-order chi connectivity index (χ0) is 17.0. The van der Waals surface area contributed by atoms with Gasteiger partial charge in [-0.15, -0.1) is 0 Å². The summed E-state index contributed by atoms with van der Waals surface area (Å²) in [6.45, 7) is 2.86. The Hall–Kier alpha value is -2.02. The lowest BCUT2D eigenvalue weighted by atomic mass is 10.1. The van der Waals surface area contributed by atoms with E-state index in [0.29, 0.717) is 0 Å². The zero-order valence-electron chi connectivity index (χ0n) is 12.1. The molecule has 0 aliphatic carbocycles. The van der Waals surface area contributed by atoms with E-state index >= 15 is 0 Å². The Morgan fingerprint density at radius 3 is 2.22 bits per heavy atom. The minimum absolute atomic E-state index is 0.726. The van der Waals surface area contributed by atoms with Crippen molar-refractivity contribution in [2.45, 2.75) is 13.5 Å². The van der Waals surface area contributed by atoms with Crippen LogP contribution in [0.1, 0.15) is 6.92 Å². The average Bonchev–Trinajstić information content (AvgIpc) is 2.84. The first kappa shape index (κ1) is 17.3. The fraction of sp³-hybridized carbons (Fsp3) is 0.133. The first-order chi connectivity index (χ1) is 10.8. The number of benzene rings is 2. The van der Waals surface area contributed by atoms with Crippen molar-refractivity contribution in [3.05, 3.63) is 53.6 Å². The van der Waals surface area contributed by atoms with Crippen molar-refractivity contribution < 1.29 is 26.5 Å². The van der Waals surface area contributed by atoms with Crippen LogP contribution >= 0.6 is 11.6 Å². The van der Waals surface area contributed by atoms with Gasteiger partial charge < -0.3 is 17.3 Å². The maximum absolute atomic E-state index is 9.75. The lowest BCUT2D eigenvalue weighted by Gasteiger charge is -1.94. The molecule has 1 aromatic heterocycles. The van der Waals surface area contributed by atoms with Gasteiger partial charge in [0.05, 0.1) is 0 Å². The molecule has 23 heavy (non-hydrogen) atoms. The highest BCUT2D eigenvalue weighted by Crippen LogP contribution is 2.29. The number of aryl methyl sites for hydroxylation is 1. The molecule has 0 radical (unpaired) electrons. The largest absolute Gasteiger partial charge is 0.673 e. The standard InChI is InChI=1S/C15H13ClNO.BF4/c1-2-17-14-9-8-12(16)10-13(14)15(18-17)11-6-4-3-5-7-11;2-1(3,4)5/h3-10H,2H2,1H3;/q+1;-1. The summed E-state index contributed by atoms with van der Waals surface area (Å²) in [5, 5.41) is 1.78. The highest BCUT2D eigenvalue weighted by Gasteiger charge is 2.21. The Labute approximate surface area is 135 Å². The molecule has 0 N–H and O–H groups in total. The molecule has 3 rings (SSSR count). The summed E-state index contributed by atoms with van der Waals surface area (Å²) in [4.78, 5) is 0. The maximum Gasteiger partial charge on any atom is 0.673 e. The molecule has 3 aromatic rings. The Bertz CT molecular complexity index is 783. The molecular formula is C15H13BClF4NO. The van der Waals surface area contributed by atoms with Gasteiger partial charge >= 0.3 is 7.25 Å².